The Morgan fingerprint density at radius 1 is 1.42 bits per heavy atom. The summed E-state index contributed by atoms with van der Waals surface area (Å²) in [6.45, 7) is 7.78. The number of halogens is 1. The number of nitrogens with zero attached hydrogens (tertiary/aromatic N) is 1. The zero-order valence-electron chi connectivity index (χ0n) is 11.5. The van der Waals surface area contributed by atoms with Crippen LogP contribution in [0.5, 0.6) is 0 Å². The van der Waals surface area contributed by atoms with Gasteiger partial charge in [0.15, 0.2) is 0 Å². The van der Waals surface area contributed by atoms with E-state index in [9.17, 15) is 8.42 Å². The molecule has 110 valence electrons. The minimum atomic E-state index is -3.27. The molecular weight excluding hydrogens is 381 g/mol. The highest BCUT2D eigenvalue weighted by Crippen LogP contribution is 2.52. The van der Waals surface area contributed by atoms with Crippen molar-refractivity contribution in [2.24, 2.45) is 0 Å². The zero-order valence-corrected chi connectivity index (χ0v) is 14.5. The van der Waals surface area contributed by atoms with E-state index in [0.717, 1.165) is 0 Å². The molecule has 6 unspecified atom stereocenters. The van der Waals surface area contributed by atoms with E-state index in [2.05, 4.69) is 22.6 Å². The Labute approximate surface area is 128 Å². The van der Waals surface area contributed by atoms with Gasteiger partial charge in [-0.1, -0.05) is 22.6 Å². The summed E-state index contributed by atoms with van der Waals surface area (Å²) in [7, 11) is -3.27. The summed E-state index contributed by atoms with van der Waals surface area (Å²) in [5, 5.41) is -0.369. The van der Waals surface area contributed by atoms with Crippen molar-refractivity contribution in [2.45, 2.75) is 73.4 Å². The van der Waals surface area contributed by atoms with Crippen molar-refractivity contribution >= 4 is 32.6 Å². The molecule has 3 heterocycles. The van der Waals surface area contributed by atoms with E-state index in [1.807, 2.05) is 27.7 Å². The molecule has 0 amide bonds. The van der Waals surface area contributed by atoms with Crippen LogP contribution in [0.25, 0.3) is 0 Å². The molecule has 3 fully saturated rings. The molecule has 2 bridgehead atoms. The third-order valence-electron chi connectivity index (χ3n) is 4.14. The van der Waals surface area contributed by atoms with Crippen LogP contribution in [0.3, 0.4) is 0 Å². The average Bonchev–Trinajstić information content (AvgIpc) is 2.78. The van der Waals surface area contributed by atoms with Gasteiger partial charge in [0.1, 0.15) is 15.5 Å². The number of sulfonamides is 1. The molecule has 0 aromatic rings. The first-order chi connectivity index (χ1) is 8.64. The summed E-state index contributed by atoms with van der Waals surface area (Å²) in [6, 6.07) is -0.161. The van der Waals surface area contributed by atoms with Crippen LogP contribution in [-0.4, -0.2) is 52.0 Å². The Hall–Kier alpha value is 0.560. The van der Waals surface area contributed by atoms with Gasteiger partial charge < -0.3 is 9.47 Å². The van der Waals surface area contributed by atoms with Crippen LogP contribution < -0.4 is 0 Å². The highest BCUT2D eigenvalue weighted by atomic mass is 127. The minimum Gasteiger partial charge on any atom is -0.369 e. The Morgan fingerprint density at radius 3 is 2.58 bits per heavy atom. The maximum absolute atomic E-state index is 12.7. The lowest BCUT2D eigenvalue weighted by Gasteiger charge is -2.37. The normalized spacial score (nSPS) is 45.8. The highest BCUT2D eigenvalue weighted by molar-refractivity contribution is 14.1. The average molecular weight is 401 g/mol. The standard InChI is InChI=1S/C12H20INO4S/c1-6(13)17-10-7-5-8-11(18-7)9(10)14(12(2,3)4)19(8,15)16/h6-11H,5H2,1-4H3. The van der Waals surface area contributed by atoms with Gasteiger partial charge in [0, 0.05) is 5.54 Å². The smallest absolute Gasteiger partial charge is 0.220 e. The number of hydrogen-bond acceptors (Lipinski definition) is 4. The summed E-state index contributed by atoms with van der Waals surface area (Å²) >= 11 is 2.20. The predicted molar refractivity (Wildman–Crippen MR) is 79.7 cm³/mol. The van der Waals surface area contributed by atoms with Gasteiger partial charge in [-0.3, -0.25) is 0 Å². The van der Waals surface area contributed by atoms with Gasteiger partial charge in [0.2, 0.25) is 10.0 Å². The Kier molecular flexibility index (Phi) is 3.27. The molecule has 0 aromatic heterocycles. The Morgan fingerprint density at radius 2 is 2.05 bits per heavy atom. The van der Waals surface area contributed by atoms with Crippen LogP contribution >= 0.6 is 22.6 Å². The van der Waals surface area contributed by atoms with Crippen molar-refractivity contribution < 1.29 is 17.9 Å². The largest absolute Gasteiger partial charge is 0.369 e. The number of rotatable bonds is 2. The second kappa shape index (κ2) is 4.28. The van der Waals surface area contributed by atoms with Crippen molar-refractivity contribution in [1.29, 1.82) is 0 Å². The fourth-order valence-corrected chi connectivity index (χ4v) is 6.68. The monoisotopic (exact) mass is 401 g/mol. The molecule has 5 nitrogen and oxygen atoms in total. The van der Waals surface area contributed by atoms with E-state index < -0.39 is 15.6 Å². The number of fused-ring (bicyclic) bond motifs is 1. The molecule has 0 aromatic carbocycles. The second-order valence-electron chi connectivity index (χ2n) is 6.56. The number of ether oxygens (including phenoxy) is 2. The SMILES string of the molecule is CC(I)OC1C2CC3C(O2)C1N(C(C)(C)C)S3(=O)=O. The highest BCUT2D eigenvalue weighted by Gasteiger charge is 2.70. The quantitative estimate of drug-likeness (QED) is 0.520. The summed E-state index contributed by atoms with van der Waals surface area (Å²) in [5.41, 5.74) is -0.435. The molecule has 0 spiro atoms. The topological polar surface area (TPSA) is 55.8 Å². The van der Waals surface area contributed by atoms with Crippen molar-refractivity contribution in [3.63, 3.8) is 0 Å². The molecule has 3 aliphatic heterocycles. The molecule has 0 aliphatic carbocycles. The van der Waals surface area contributed by atoms with Crippen LogP contribution in [0.15, 0.2) is 0 Å². The third-order valence-corrected chi connectivity index (χ3v) is 6.99. The first kappa shape index (κ1) is 14.5. The van der Waals surface area contributed by atoms with E-state index in [1.165, 1.54) is 0 Å². The van der Waals surface area contributed by atoms with Gasteiger partial charge >= 0.3 is 0 Å². The lowest BCUT2D eigenvalue weighted by Crippen LogP contribution is -2.53. The molecule has 0 saturated carbocycles. The molecule has 0 radical (unpaired) electrons. The molecule has 3 saturated heterocycles. The van der Waals surface area contributed by atoms with Crippen LogP contribution in [0.4, 0.5) is 0 Å². The van der Waals surface area contributed by atoms with Crippen LogP contribution in [0.1, 0.15) is 34.1 Å². The zero-order chi connectivity index (χ0) is 14.2. The maximum Gasteiger partial charge on any atom is 0.220 e. The maximum atomic E-state index is 12.7. The van der Waals surface area contributed by atoms with Crippen LogP contribution in [0.2, 0.25) is 0 Å². The molecule has 6 atom stereocenters. The van der Waals surface area contributed by atoms with Gasteiger partial charge in [-0.05, 0) is 34.1 Å². The Balaban J connectivity index is 2.02. The molecule has 0 N–H and O–H groups in total. The van der Waals surface area contributed by atoms with E-state index in [4.69, 9.17) is 9.47 Å². The fraction of sp³-hybridized carbons (Fsp3) is 1.00. The molecule has 19 heavy (non-hydrogen) atoms. The van der Waals surface area contributed by atoms with Gasteiger partial charge in [0.25, 0.3) is 0 Å². The van der Waals surface area contributed by atoms with Crippen molar-refractivity contribution in [3.8, 4) is 0 Å². The molecular formula is C12H20INO4S. The summed E-state index contributed by atoms with van der Waals surface area (Å²) in [5.74, 6) is 0. The summed E-state index contributed by atoms with van der Waals surface area (Å²) in [4.78, 5) is 0. The van der Waals surface area contributed by atoms with Crippen molar-refractivity contribution in [2.75, 3.05) is 0 Å². The Bertz CT molecular complexity index is 486. The lowest BCUT2D eigenvalue weighted by atomic mass is 9.90. The first-order valence-corrected chi connectivity index (χ1v) is 9.37. The van der Waals surface area contributed by atoms with Gasteiger partial charge in [-0.15, -0.1) is 0 Å². The van der Waals surface area contributed by atoms with Gasteiger partial charge in [0.05, 0.1) is 18.2 Å². The second-order valence-corrected chi connectivity index (χ2v) is 10.3. The van der Waals surface area contributed by atoms with Gasteiger partial charge in [-0.25, -0.2) is 8.42 Å². The van der Waals surface area contributed by atoms with Gasteiger partial charge in [-0.2, -0.15) is 4.31 Å². The first-order valence-electron chi connectivity index (χ1n) is 6.62. The number of hydrogen-bond donors (Lipinski definition) is 0. The molecule has 7 heteroatoms. The predicted octanol–water partition coefficient (Wildman–Crippen LogP) is 1.50. The van der Waals surface area contributed by atoms with E-state index in [1.54, 1.807) is 4.31 Å². The molecule has 3 aliphatic rings. The number of alkyl halides is 1. The lowest BCUT2D eigenvalue weighted by molar-refractivity contribution is -0.0209. The van der Waals surface area contributed by atoms with Crippen molar-refractivity contribution in [3.05, 3.63) is 0 Å². The summed E-state index contributed by atoms with van der Waals surface area (Å²) in [6.07, 6.45) is 0.155. The minimum absolute atomic E-state index is 0.0501. The van der Waals surface area contributed by atoms with E-state index in [-0.39, 0.29) is 33.7 Å². The van der Waals surface area contributed by atoms with Crippen molar-refractivity contribution in [1.82, 2.24) is 4.31 Å². The van der Waals surface area contributed by atoms with Crippen LogP contribution in [-0.2, 0) is 19.5 Å². The van der Waals surface area contributed by atoms with E-state index in [0.29, 0.717) is 6.42 Å². The molecule has 3 rings (SSSR count). The summed E-state index contributed by atoms with van der Waals surface area (Å²) < 4.78 is 38.9. The van der Waals surface area contributed by atoms with Crippen LogP contribution in [0, 0.1) is 0 Å². The van der Waals surface area contributed by atoms with E-state index >= 15 is 0 Å². The fourth-order valence-electron chi connectivity index (χ4n) is 3.71. The third kappa shape index (κ3) is 1.99.